The lowest BCUT2D eigenvalue weighted by Crippen LogP contribution is -2.50. The van der Waals surface area contributed by atoms with Crippen LogP contribution >= 0.6 is 0 Å². The Labute approximate surface area is 613 Å². The van der Waals surface area contributed by atoms with Crippen LogP contribution in [0.15, 0.2) is 121 Å². The minimum Gasteiger partial charge on any atom is -0.457 e. The summed E-state index contributed by atoms with van der Waals surface area (Å²) in [6.07, 6.45) is -13.8. The van der Waals surface area contributed by atoms with Gasteiger partial charge in [-0.05, 0) is 148 Å². The maximum atomic E-state index is 14.6. The van der Waals surface area contributed by atoms with Crippen LogP contribution in [0.2, 0.25) is 0 Å². The van der Waals surface area contributed by atoms with Gasteiger partial charge >= 0.3 is 47.4 Å². The molecular formula is C76H44F24N4O8. The van der Waals surface area contributed by atoms with E-state index in [0.29, 0.717) is 24.3 Å². The van der Waals surface area contributed by atoms with Crippen LogP contribution in [0.3, 0.4) is 0 Å². The molecule has 0 unspecified atom stereocenters. The zero-order chi connectivity index (χ0) is 81.9. The lowest BCUT2D eigenvalue weighted by atomic mass is 9.77. The van der Waals surface area contributed by atoms with Crippen molar-refractivity contribution in [3.8, 4) is 70.3 Å². The van der Waals surface area contributed by atoms with E-state index in [1.807, 2.05) is 0 Å². The molecule has 0 saturated carbocycles. The minimum atomic E-state index is -4.83. The van der Waals surface area contributed by atoms with E-state index in [0.717, 1.165) is 97.1 Å². The molecule has 0 bridgehead atoms. The third-order valence-electron chi connectivity index (χ3n) is 20.7. The minimum absolute atomic E-state index is 0.115. The fraction of sp³-hybridized carbons (Fsp3) is 0.316. The number of aliphatic hydroxyl groups is 4. The largest absolute Gasteiger partial charge is 0.457 e. The summed E-state index contributed by atoms with van der Waals surface area (Å²) in [5.74, 6) is -44.1. The van der Waals surface area contributed by atoms with Crippen LogP contribution in [0, 0.1) is 68.6 Å². The third-order valence-corrected chi connectivity index (χ3v) is 20.7. The van der Waals surface area contributed by atoms with E-state index < -0.39 is 259 Å². The van der Waals surface area contributed by atoms with Gasteiger partial charge in [-0.25, -0.2) is 35.1 Å². The Morgan fingerprint density at radius 3 is 0.634 bits per heavy atom. The average molecular weight is 1600 g/mol. The molecule has 0 radical (unpaired) electrons. The molecule has 8 aliphatic carbocycles. The summed E-state index contributed by atoms with van der Waals surface area (Å²) in [5.41, 5.74) is -24.2. The van der Waals surface area contributed by atoms with Crippen LogP contribution in [-0.2, 0) is 46.1 Å². The van der Waals surface area contributed by atoms with Crippen molar-refractivity contribution >= 4 is 0 Å². The molecule has 0 heterocycles. The van der Waals surface area contributed by atoms with Crippen LogP contribution < -0.4 is 18.9 Å². The monoisotopic (exact) mass is 1600 g/mol. The summed E-state index contributed by atoms with van der Waals surface area (Å²) >= 11 is 0. The third kappa shape index (κ3) is 11.4. The first-order valence-corrected chi connectivity index (χ1v) is 32.8. The van der Waals surface area contributed by atoms with Gasteiger partial charge in [-0.1, -0.05) is 0 Å². The Balaban J connectivity index is 0.000000131. The maximum absolute atomic E-state index is 14.6. The highest BCUT2D eigenvalue weighted by Gasteiger charge is 2.81. The molecule has 12 nitrogen and oxygen atoms in total. The summed E-state index contributed by atoms with van der Waals surface area (Å²) in [6.45, 7) is 0. The number of hydrogen-bond acceptors (Lipinski definition) is 12. The molecule has 0 aromatic heterocycles. The highest BCUT2D eigenvalue weighted by Crippen LogP contribution is 2.71. The van der Waals surface area contributed by atoms with E-state index in [4.69, 9.17) is 40.0 Å². The van der Waals surface area contributed by atoms with Crippen molar-refractivity contribution in [3.63, 3.8) is 0 Å². The van der Waals surface area contributed by atoms with Crippen molar-refractivity contribution in [3.05, 3.63) is 234 Å². The summed E-state index contributed by atoms with van der Waals surface area (Å²) in [7, 11) is 0. The second kappa shape index (κ2) is 26.4. The molecule has 4 N–H and O–H groups in total. The predicted octanol–water partition coefficient (Wildman–Crippen LogP) is 20.9. The van der Waals surface area contributed by atoms with Gasteiger partial charge in [-0.15, -0.1) is 0 Å². The van der Waals surface area contributed by atoms with Crippen molar-refractivity contribution < 1.29 is 145 Å². The molecule has 8 aromatic carbocycles. The molecule has 8 atom stereocenters. The molecule has 16 rings (SSSR count). The van der Waals surface area contributed by atoms with Crippen molar-refractivity contribution in [2.45, 2.75) is 146 Å². The smallest absolute Gasteiger partial charge is 0.346 e. The molecule has 8 aliphatic rings. The first kappa shape index (κ1) is 79.2. The van der Waals surface area contributed by atoms with E-state index in [2.05, 4.69) is 0 Å². The number of alkyl halides is 20. The quantitative estimate of drug-likeness (QED) is 0.105. The standard InChI is InChI=1S/4C19H11F6NO2/c4*20-10-5-9(8-26)6-11(7-10)28-14-2-1-12-16-15(14)13(21)3-4-17(16,27)19(24,25)18(12,22)23/h4*1-2,5-7,13,27H,3-4H2/t2*13-,17+;2*13-,17-/m1010/s1. The average Bonchev–Trinajstić information content (AvgIpc) is 1.54. The van der Waals surface area contributed by atoms with Gasteiger partial charge in [0.15, 0.2) is 22.4 Å². The zero-order valence-electron chi connectivity index (χ0n) is 55.8. The van der Waals surface area contributed by atoms with E-state index in [1.165, 1.54) is 0 Å². The molecule has 0 spiro atoms. The molecule has 0 fully saturated rings. The topological polar surface area (TPSA) is 213 Å². The first-order chi connectivity index (χ1) is 52.1. The predicted molar refractivity (Wildman–Crippen MR) is 334 cm³/mol. The number of ether oxygens (including phenoxy) is 4. The molecule has 584 valence electrons. The van der Waals surface area contributed by atoms with Crippen LogP contribution in [0.25, 0.3) is 0 Å². The highest BCUT2D eigenvalue weighted by atomic mass is 19.3. The number of halogens is 24. The van der Waals surface area contributed by atoms with E-state index in [-0.39, 0.29) is 45.3 Å². The van der Waals surface area contributed by atoms with Crippen LogP contribution in [0.5, 0.6) is 46.0 Å². The number of nitriles is 4. The molecule has 112 heavy (non-hydrogen) atoms. The summed E-state index contributed by atoms with van der Waals surface area (Å²) in [6, 6.07) is 24.4. The lowest BCUT2D eigenvalue weighted by Gasteiger charge is -2.37. The Bertz CT molecular complexity index is 4790. The molecular weight excluding hydrogens is 1550 g/mol. The second-order valence-electron chi connectivity index (χ2n) is 27.2. The van der Waals surface area contributed by atoms with Crippen molar-refractivity contribution in [1.29, 1.82) is 21.0 Å². The van der Waals surface area contributed by atoms with E-state index in [9.17, 15) is 126 Å². The highest BCUT2D eigenvalue weighted by molar-refractivity contribution is 5.63. The van der Waals surface area contributed by atoms with Gasteiger partial charge in [0.05, 0.1) is 46.5 Å². The molecule has 0 saturated heterocycles. The van der Waals surface area contributed by atoms with Gasteiger partial charge in [0.1, 0.15) is 94.0 Å². The molecule has 0 amide bonds. The number of rotatable bonds is 8. The van der Waals surface area contributed by atoms with Gasteiger partial charge < -0.3 is 39.4 Å². The number of nitrogens with zero attached hydrogens (tertiary/aromatic N) is 4. The van der Waals surface area contributed by atoms with Gasteiger partial charge in [0.25, 0.3) is 0 Å². The SMILES string of the molecule is N#Cc1cc(F)cc(Oc2ccc3c4c2[C@@H](F)CC[C@@]4(O)C(F)(F)C3(F)F)c1.N#Cc1cc(F)cc(Oc2ccc3c4c2[C@@H](F)CC[C@]4(O)C(F)(F)C3(F)F)c1.N#Cc1cc(F)cc(Oc2ccc3c4c2[C@H](F)CC[C@@]4(O)C(F)(F)C3(F)F)c1.N#Cc1cc(F)cc(Oc2ccc3c4c2[C@H](F)CC[C@]4(O)C(F)(F)C3(F)F)c1. The second-order valence-corrected chi connectivity index (χ2v) is 27.2. The Kier molecular flexibility index (Phi) is 18.6. The van der Waals surface area contributed by atoms with Crippen LogP contribution in [-0.4, -0.2) is 44.1 Å². The summed E-state index contributed by atoms with van der Waals surface area (Å²) in [5, 5.41) is 77.2. The maximum Gasteiger partial charge on any atom is 0.346 e. The number of benzene rings is 8. The number of hydrogen-bond donors (Lipinski definition) is 4. The molecule has 36 heteroatoms. The van der Waals surface area contributed by atoms with Crippen molar-refractivity contribution in [2.75, 3.05) is 0 Å². The van der Waals surface area contributed by atoms with Gasteiger partial charge in [0.2, 0.25) is 0 Å². The van der Waals surface area contributed by atoms with Crippen molar-refractivity contribution in [2.24, 2.45) is 0 Å². The van der Waals surface area contributed by atoms with Crippen molar-refractivity contribution in [1.82, 2.24) is 0 Å². The first-order valence-electron chi connectivity index (χ1n) is 32.8. The fourth-order valence-electron chi connectivity index (χ4n) is 15.5. The van der Waals surface area contributed by atoms with Crippen LogP contribution in [0.4, 0.5) is 105 Å². The molecule has 0 aliphatic heterocycles. The van der Waals surface area contributed by atoms with E-state index in [1.54, 1.807) is 24.3 Å². The van der Waals surface area contributed by atoms with Crippen LogP contribution in [0.1, 0.15) is 165 Å². The van der Waals surface area contributed by atoms with Gasteiger partial charge in [-0.2, -0.15) is 91.3 Å². The summed E-state index contributed by atoms with van der Waals surface area (Å²) < 4.78 is 363. The Morgan fingerprint density at radius 1 is 0.286 bits per heavy atom. The lowest BCUT2D eigenvalue weighted by molar-refractivity contribution is -0.289. The van der Waals surface area contributed by atoms with E-state index >= 15 is 0 Å². The zero-order valence-corrected chi connectivity index (χ0v) is 55.8. The normalized spacial score (nSPS) is 26.4. The Morgan fingerprint density at radius 2 is 0.464 bits per heavy atom. The summed E-state index contributed by atoms with van der Waals surface area (Å²) in [4.78, 5) is 0. The fourth-order valence-corrected chi connectivity index (χ4v) is 15.5. The van der Waals surface area contributed by atoms with Gasteiger partial charge in [0, 0.05) is 91.0 Å². The molecule has 8 aromatic rings. The Hall–Kier alpha value is -10.9. The van der Waals surface area contributed by atoms with Gasteiger partial charge in [-0.3, -0.25) is 0 Å².